The first-order chi connectivity index (χ1) is 11.1. The lowest BCUT2D eigenvalue weighted by Gasteiger charge is -2.25. The molecule has 6 nitrogen and oxygen atoms in total. The Morgan fingerprint density at radius 2 is 2.09 bits per heavy atom. The molecule has 0 saturated carbocycles. The van der Waals surface area contributed by atoms with Crippen LogP contribution in [0.25, 0.3) is 0 Å². The molecule has 0 aromatic heterocycles. The summed E-state index contributed by atoms with van der Waals surface area (Å²) in [4.78, 5) is 16.7. The predicted molar refractivity (Wildman–Crippen MR) is 93.7 cm³/mol. The fourth-order valence-electron chi connectivity index (χ4n) is 1.66. The van der Waals surface area contributed by atoms with E-state index < -0.39 is 0 Å². The van der Waals surface area contributed by atoms with Gasteiger partial charge >= 0.3 is 0 Å². The van der Waals surface area contributed by atoms with Crippen LogP contribution in [0.5, 0.6) is 0 Å². The number of nitrogens with two attached hydrogens (primary N) is 2. The zero-order valence-corrected chi connectivity index (χ0v) is 13.6. The molecular weight excluding hydrogens is 316 g/mol. The number of aliphatic imine (C=N–C) groups is 1. The molecule has 1 heterocycles. The van der Waals surface area contributed by atoms with Crippen molar-refractivity contribution in [2.45, 2.75) is 0 Å². The average Bonchev–Trinajstić information content (AvgIpc) is 2.60. The second-order valence-corrected chi connectivity index (χ2v) is 4.98. The number of ether oxygens (including phenoxy) is 1. The summed E-state index contributed by atoms with van der Waals surface area (Å²) in [6, 6.07) is 7.16. The van der Waals surface area contributed by atoms with Crippen LogP contribution in [0.3, 0.4) is 0 Å². The van der Waals surface area contributed by atoms with E-state index in [-0.39, 0.29) is 5.91 Å². The van der Waals surface area contributed by atoms with E-state index in [0.717, 1.165) is 5.69 Å². The Bertz CT molecular complexity index is 581. The molecule has 23 heavy (non-hydrogen) atoms. The summed E-state index contributed by atoms with van der Waals surface area (Å²) in [5, 5.41) is 0.643. The van der Waals surface area contributed by atoms with Gasteiger partial charge < -0.3 is 21.1 Å². The molecule has 0 atom stereocenters. The zero-order valence-electron chi connectivity index (χ0n) is 12.8. The van der Waals surface area contributed by atoms with Gasteiger partial charge in [-0.1, -0.05) is 24.2 Å². The Labute approximate surface area is 141 Å². The fraction of sp³-hybridized carbons (Fsp3) is 0.250. The number of morpholine rings is 1. The molecule has 0 bridgehead atoms. The molecule has 0 spiro atoms. The Kier molecular flexibility index (Phi) is 8.49. The summed E-state index contributed by atoms with van der Waals surface area (Å²) in [6.45, 7) is 6.11. The largest absolute Gasteiger partial charge is 0.403 e. The minimum atomic E-state index is 0.00306. The highest BCUT2D eigenvalue weighted by Crippen LogP contribution is 2.17. The van der Waals surface area contributed by atoms with Crippen molar-refractivity contribution in [3.8, 4) is 0 Å². The Morgan fingerprint density at radius 3 is 2.65 bits per heavy atom. The topological polar surface area (TPSA) is 93.9 Å². The molecule has 1 fully saturated rings. The summed E-state index contributed by atoms with van der Waals surface area (Å²) >= 11 is 5.75. The first kappa shape index (κ1) is 18.7. The Hall–Kier alpha value is -2.31. The minimum Gasteiger partial charge on any atom is -0.403 e. The van der Waals surface area contributed by atoms with E-state index in [4.69, 9.17) is 27.8 Å². The van der Waals surface area contributed by atoms with Gasteiger partial charge in [0.2, 0.25) is 5.91 Å². The molecule has 0 unspecified atom stereocenters. The third kappa shape index (κ3) is 7.49. The number of carbonyl (C=O) groups is 1. The standard InChI is InChI=1S/C9H10ClN3.C7H11NO2/c10-7-2-1-3-9(4-7)13-6-8(12)5-11;1-2-7(9)8-3-5-10-6-4-8/h1-6H,11-12H2;2H,1,3-6H2/b8-5+,13-6?;. The third-order valence-corrected chi connectivity index (χ3v) is 3.10. The van der Waals surface area contributed by atoms with Gasteiger partial charge in [-0.05, 0) is 24.3 Å². The molecule has 1 aromatic carbocycles. The van der Waals surface area contributed by atoms with Crippen LogP contribution in [0, 0.1) is 0 Å². The number of halogens is 1. The molecule has 1 saturated heterocycles. The number of rotatable bonds is 3. The smallest absolute Gasteiger partial charge is 0.246 e. The second kappa shape index (κ2) is 10.4. The van der Waals surface area contributed by atoms with E-state index >= 15 is 0 Å². The maximum absolute atomic E-state index is 10.9. The number of carbonyl (C=O) groups excluding carboxylic acids is 1. The maximum Gasteiger partial charge on any atom is 0.246 e. The van der Waals surface area contributed by atoms with Gasteiger partial charge in [-0.25, -0.2) is 0 Å². The number of benzene rings is 1. The summed E-state index contributed by atoms with van der Waals surface area (Å²) < 4.78 is 5.07. The van der Waals surface area contributed by atoms with E-state index in [0.29, 0.717) is 37.0 Å². The van der Waals surface area contributed by atoms with Crippen LogP contribution in [0.1, 0.15) is 0 Å². The van der Waals surface area contributed by atoms with Crippen molar-refractivity contribution in [3.63, 3.8) is 0 Å². The number of amides is 1. The van der Waals surface area contributed by atoms with Gasteiger partial charge in [0.1, 0.15) is 0 Å². The average molecular weight is 337 g/mol. The Morgan fingerprint density at radius 1 is 1.39 bits per heavy atom. The van der Waals surface area contributed by atoms with Gasteiger partial charge in [-0.3, -0.25) is 9.79 Å². The van der Waals surface area contributed by atoms with Crippen molar-refractivity contribution in [3.05, 3.63) is 53.8 Å². The maximum atomic E-state index is 10.9. The van der Waals surface area contributed by atoms with Crippen LogP contribution in [-0.4, -0.2) is 43.3 Å². The molecule has 1 aromatic rings. The van der Waals surface area contributed by atoms with Crippen LogP contribution >= 0.6 is 11.6 Å². The van der Waals surface area contributed by atoms with Gasteiger partial charge in [0.15, 0.2) is 0 Å². The summed E-state index contributed by atoms with van der Waals surface area (Å²) in [5.41, 5.74) is 11.7. The van der Waals surface area contributed by atoms with Crippen LogP contribution in [0.4, 0.5) is 5.69 Å². The van der Waals surface area contributed by atoms with Gasteiger partial charge in [-0.15, -0.1) is 0 Å². The zero-order chi connectivity index (χ0) is 17.1. The molecule has 1 aliphatic rings. The van der Waals surface area contributed by atoms with Crippen molar-refractivity contribution >= 4 is 29.4 Å². The normalized spacial score (nSPS) is 15.0. The summed E-state index contributed by atoms with van der Waals surface area (Å²) in [5.74, 6) is 0.00306. The molecule has 2 rings (SSSR count). The quantitative estimate of drug-likeness (QED) is 0.650. The highest BCUT2D eigenvalue weighted by Gasteiger charge is 2.12. The molecule has 4 N–H and O–H groups in total. The predicted octanol–water partition coefficient (Wildman–Crippen LogP) is 1.83. The lowest BCUT2D eigenvalue weighted by molar-refractivity contribution is -0.129. The van der Waals surface area contributed by atoms with E-state index in [1.165, 1.54) is 18.5 Å². The van der Waals surface area contributed by atoms with Crippen molar-refractivity contribution in [1.29, 1.82) is 0 Å². The van der Waals surface area contributed by atoms with Crippen LogP contribution in [0.15, 0.2) is 53.8 Å². The van der Waals surface area contributed by atoms with Gasteiger partial charge in [0.05, 0.1) is 30.8 Å². The molecule has 7 heteroatoms. The highest BCUT2D eigenvalue weighted by molar-refractivity contribution is 6.30. The monoisotopic (exact) mass is 336 g/mol. The van der Waals surface area contributed by atoms with E-state index in [2.05, 4.69) is 11.6 Å². The lowest BCUT2D eigenvalue weighted by atomic mass is 10.3. The van der Waals surface area contributed by atoms with Crippen molar-refractivity contribution in [1.82, 2.24) is 4.90 Å². The highest BCUT2D eigenvalue weighted by atomic mass is 35.5. The molecule has 0 radical (unpaired) electrons. The Balaban J connectivity index is 0.000000238. The van der Waals surface area contributed by atoms with Crippen molar-refractivity contribution in [2.24, 2.45) is 16.5 Å². The van der Waals surface area contributed by atoms with E-state index in [9.17, 15) is 4.79 Å². The lowest BCUT2D eigenvalue weighted by Crippen LogP contribution is -2.39. The molecule has 1 amide bonds. The van der Waals surface area contributed by atoms with E-state index in [1.54, 1.807) is 17.0 Å². The second-order valence-electron chi connectivity index (χ2n) is 4.55. The number of allylic oxidation sites excluding steroid dienone is 1. The van der Waals surface area contributed by atoms with E-state index in [1.807, 2.05) is 12.1 Å². The van der Waals surface area contributed by atoms with Crippen LogP contribution in [0.2, 0.25) is 5.02 Å². The van der Waals surface area contributed by atoms with Gasteiger partial charge in [0.25, 0.3) is 0 Å². The first-order valence-electron chi connectivity index (χ1n) is 7.03. The molecule has 0 aliphatic carbocycles. The minimum absolute atomic E-state index is 0.00306. The summed E-state index contributed by atoms with van der Waals surface area (Å²) in [7, 11) is 0. The van der Waals surface area contributed by atoms with Crippen LogP contribution < -0.4 is 11.5 Å². The molecular formula is C16H21ClN4O2. The number of nitrogens with zero attached hydrogens (tertiary/aromatic N) is 2. The first-order valence-corrected chi connectivity index (χ1v) is 7.40. The van der Waals surface area contributed by atoms with Gasteiger partial charge in [-0.2, -0.15) is 0 Å². The third-order valence-electron chi connectivity index (χ3n) is 2.86. The summed E-state index contributed by atoms with van der Waals surface area (Å²) in [6.07, 6.45) is 4.10. The molecule has 1 aliphatic heterocycles. The SMILES string of the molecule is C=CC(=O)N1CCOCC1.N/C=C(/N)C=Nc1cccc(Cl)c1. The van der Waals surface area contributed by atoms with Crippen molar-refractivity contribution in [2.75, 3.05) is 26.3 Å². The van der Waals surface area contributed by atoms with Gasteiger partial charge in [0, 0.05) is 24.3 Å². The molecule has 124 valence electrons. The number of hydrogen-bond acceptors (Lipinski definition) is 5. The van der Waals surface area contributed by atoms with Crippen LogP contribution in [-0.2, 0) is 9.53 Å². The fourth-order valence-corrected chi connectivity index (χ4v) is 1.85. The number of hydrogen-bond donors (Lipinski definition) is 2. The van der Waals surface area contributed by atoms with Crippen molar-refractivity contribution < 1.29 is 9.53 Å².